The van der Waals surface area contributed by atoms with Crippen molar-refractivity contribution in [2.45, 2.75) is 51.1 Å². The van der Waals surface area contributed by atoms with Gasteiger partial charge < -0.3 is 15.4 Å². The number of anilines is 1. The van der Waals surface area contributed by atoms with E-state index in [-0.39, 0.29) is 23.9 Å². The van der Waals surface area contributed by atoms with Crippen LogP contribution in [0.3, 0.4) is 0 Å². The number of rotatable bonds is 5. The van der Waals surface area contributed by atoms with Gasteiger partial charge in [0.1, 0.15) is 5.75 Å². The van der Waals surface area contributed by atoms with E-state index in [1.807, 2.05) is 29.2 Å². The lowest BCUT2D eigenvalue weighted by atomic mass is 10.0. The number of hydrogen-bond donors (Lipinski definition) is 1. The summed E-state index contributed by atoms with van der Waals surface area (Å²) in [6.45, 7) is 2.18. The number of methoxy groups -OCH3 is 1. The van der Waals surface area contributed by atoms with Crippen molar-refractivity contribution in [3.63, 3.8) is 0 Å². The Bertz CT molecular complexity index is 524. The number of benzene rings is 1. The summed E-state index contributed by atoms with van der Waals surface area (Å²) in [6, 6.07) is 8.28. The van der Waals surface area contributed by atoms with Crippen LogP contribution in [0.2, 0.25) is 0 Å². The van der Waals surface area contributed by atoms with Gasteiger partial charge in [0.2, 0.25) is 5.91 Å². The number of ether oxygens (including phenoxy) is 1. The fourth-order valence-electron chi connectivity index (χ4n) is 3.53. The summed E-state index contributed by atoms with van der Waals surface area (Å²) in [5.74, 6) is 1.79. The van der Waals surface area contributed by atoms with Crippen LogP contribution in [0.1, 0.15) is 39.0 Å². The molecule has 2 saturated carbocycles. The van der Waals surface area contributed by atoms with E-state index in [0.29, 0.717) is 5.92 Å². The van der Waals surface area contributed by atoms with Gasteiger partial charge in [-0.2, -0.15) is 0 Å². The largest absolute Gasteiger partial charge is 0.497 e. The third kappa shape index (κ3) is 3.12. The highest BCUT2D eigenvalue weighted by Gasteiger charge is 2.39. The smallest absolute Gasteiger partial charge is 0.230 e. The van der Waals surface area contributed by atoms with Crippen molar-refractivity contribution in [1.29, 1.82) is 0 Å². The van der Waals surface area contributed by atoms with Crippen molar-refractivity contribution >= 4 is 11.6 Å². The molecule has 2 fully saturated rings. The molecule has 0 aliphatic heterocycles. The van der Waals surface area contributed by atoms with Crippen LogP contribution in [0.25, 0.3) is 0 Å². The monoisotopic (exact) mass is 302 g/mol. The van der Waals surface area contributed by atoms with Crippen LogP contribution in [0.15, 0.2) is 24.3 Å². The van der Waals surface area contributed by atoms with Crippen LogP contribution in [0.4, 0.5) is 5.69 Å². The van der Waals surface area contributed by atoms with Gasteiger partial charge in [-0.25, -0.2) is 0 Å². The van der Waals surface area contributed by atoms with Crippen molar-refractivity contribution in [3.8, 4) is 5.75 Å². The van der Waals surface area contributed by atoms with Crippen molar-refractivity contribution in [2.24, 2.45) is 17.6 Å². The molecule has 3 atom stereocenters. The summed E-state index contributed by atoms with van der Waals surface area (Å²) in [7, 11) is 1.66. The molecule has 2 aliphatic carbocycles. The molecule has 0 heterocycles. The van der Waals surface area contributed by atoms with Gasteiger partial charge in [-0.05, 0) is 69.2 Å². The molecule has 22 heavy (non-hydrogen) atoms. The minimum absolute atomic E-state index is 0.0818. The summed E-state index contributed by atoms with van der Waals surface area (Å²) < 4.78 is 5.22. The Morgan fingerprint density at radius 3 is 2.41 bits per heavy atom. The predicted octanol–water partition coefficient (Wildman–Crippen LogP) is 2.95. The third-order valence-corrected chi connectivity index (χ3v) is 5.12. The van der Waals surface area contributed by atoms with E-state index in [2.05, 4.69) is 6.92 Å². The molecule has 120 valence electrons. The maximum Gasteiger partial charge on any atom is 0.230 e. The predicted molar refractivity (Wildman–Crippen MR) is 88.0 cm³/mol. The molecule has 0 unspecified atom stereocenters. The molecule has 2 N–H and O–H groups in total. The molecule has 1 aromatic rings. The zero-order valence-electron chi connectivity index (χ0n) is 13.5. The summed E-state index contributed by atoms with van der Waals surface area (Å²) in [6.07, 6.45) is 5.16. The Morgan fingerprint density at radius 1 is 1.23 bits per heavy atom. The molecule has 4 nitrogen and oxygen atoms in total. The lowest BCUT2D eigenvalue weighted by molar-refractivity contribution is -0.122. The fourth-order valence-corrected chi connectivity index (χ4v) is 3.53. The van der Waals surface area contributed by atoms with Gasteiger partial charge in [-0.3, -0.25) is 4.79 Å². The van der Waals surface area contributed by atoms with Crippen molar-refractivity contribution in [3.05, 3.63) is 24.3 Å². The first-order valence-electron chi connectivity index (χ1n) is 8.33. The second-order valence-corrected chi connectivity index (χ2v) is 6.75. The number of carbonyl (C=O) groups is 1. The molecule has 0 saturated heterocycles. The normalized spacial score (nSPS) is 25.8. The average Bonchev–Trinajstić information content (AvgIpc) is 3.29. The zero-order valence-corrected chi connectivity index (χ0v) is 13.5. The van der Waals surface area contributed by atoms with Crippen LogP contribution < -0.4 is 15.4 Å². The molecule has 1 aromatic carbocycles. The summed E-state index contributed by atoms with van der Waals surface area (Å²) >= 11 is 0. The van der Waals surface area contributed by atoms with E-state index < -0.39 is 0 Å². The van der Waals surface area contributed by atoms with E-state index in [1.165, 1.54) is 12.8 Å². The van der Waals surface area contributed by atoms with Gasteiger partial charge in [0.25, 0.3) is 0 Å². The van der Waals surface area contributed by atoms with Crippen molar-refractivity contribution in [1.82, 2.24) is 0 Å². The van der Waals surface area contributed by atoms with E-state index in [4.69, 9.17) is 10.5 Å². The highest BCUT2D eigenvalue weighted by atomic mass is 16.5. The molecule has 0 spiro atoms. The van der Waals surface area contributed by atoms with Crippen molar-refractivity contribution in [2.75, 3.05) is 12.0 Å². The molecular weight excluding hydrogens is 276 g/mol. The Labute approximate surface area is 132 Å². The maximum absolute atomic E-state index is 13.1. The second-order valence-electron chi connectivity index (χ2n) is 6.75. The lowest BCUT2D eigenvalue weighted by Gasteiger charge is -2.32. The summed E-state index contributed by atoms with van der Waals surface area (Å²) in [5, 5.41) is 0. The zero-order chi connectivity index (χ0) is 15.7. The van der Waals surface area contributed by atoms with Gasteiger partial charge in [0.15, 0.2) is 0 Å². The first kappa shape index (κ1) is 15.3. The van der Waals surface area contributed by atoms with Crippen LogP contribution in [0.5, 0.6) is 5.75 Å². The first-order valence-corrected chi connectivity index (χ1v) is 8.33. The maximum atomic E-state index is 13.1. The Kier molecular flexibility index (Phi) is 4.39. The molecule has 0 bridgehead atoms. The molecule has 4 heteroatoms. The van der Waals surface area contributed by atoms with Gasteiger partial charge in [0.05, 0.1) is 7.11 Å². The number of carbonyl (C=O) groups excluding carboxylic acids is 1. The van der Waals surface area contributed by atoms with Crippen molar-refractivity contribution < 1.29 is 9.53 Å². The Balaban J connectivity index is 1.83. The highest BCUT2D eigenvalue weighted by Crippen LogP contribution is 2.39. The average molecular weight is 302 g/mol. The quantitative estimate of drug-likeness (QED) is 0.910. The fraction of sp³-hybridized carbons (Fsp3) is 0.611. The van der Waals surface area contributed by atoms with Gasteiger partial charge in [-0.1, -0.05) is 0 Å². The number of nitrogens with zero attached hydrogens (tertiary/aromatic N) is 1. The molecule has 2 aliphatic rings. The lowest BCUT2D eigenvalue weighted by Crippen LogP contribution is -2.43. The van der Waals surface area contributed by atoms with Crippen LogP contribution in [-0.4, -0.2) is 25.1 Å². The topological polar surface area (TPSA) is 55.6 Å². The molecule has 0 aromatic heterocycles. The molecule has 1 amide bonds. The SMILES string of the molecule is COc1ccc(N(C(=O)[C@@H]2CC[C@@H](N)C2)[C@@H](C)C2CC2)cc1. The highest BCUT2D eigenvalue weighted by molar-refractivity contribution is 5.96. The summed E-state index contributed by atoms with van der Waals surface area (Å²) in [5.41, 5.74) is 6.98. The standard InChI is InChI=1S/C18H26N2O2/c1-12(13-3-4-13)20(16-7-9-17(22-2)10-8-16)18(21)14-5-6-15(19)11-14/h7-10,12-15H,3-6,11,19H2,1-2H3/t12-,14+,15+/m0/s1. The minimum atomic E-state index is 0.0818. The number of hydrogen-bond acceptors (Lipinski definition) is 3. The van der Waals surface area contributed by atoms with Crippen LogP contribution in [-0.2, 0) is 4.79 Å². The molecule has 0 radical (unpaired) electrons. The van der Waals surface area contributed by atoms with E-state index in [0.717, 1.165) is 30.7 Å². The van der Waals surface area contributed by atoms with Gasteiger partial charge in [-0.15, -0.1) is 0 Å². The number of amides is 1. The molecule has 3 rings (SSSR count). The first-order chi connectivity index (χ1) is 10.6. The van der Waals surface area contributed by atoms with E-state index >= 15 is 0 Å². The third-order valence-electron chi connectivity index (χ3n) is 5.12. The molecular formula is C18H26N2O2. The Hall–Kier alpha value is -1.55. The van der Waals surface area contributed by atoms with Gasteiger partial charge >= 0.3 is 0 Å². The van der Waals surface area contributed by atoms with Gasteiger partial charge in [0, 0.05) is 23.7 Å². The van der Waals surface area contributed by atoms with Crippen LogP contribution >= 0.6 is 0 Å². The van der Waals surface area contributed by atoms with E-state index in [9.17, 15) is 4.79 Å². The number of nitrogens with two attached hydrogens (primary N) is 1. The minimum Gasteiger partial charge on any atom is -0.497 e. The second kappa shape index (κ2) is 6.29. The summed E-state index contributed by atoms with van der Waals surface area (Å²) in [4.78, 5) is 15.1. The van der Waals surface area contributed by atoms with E-state index in [1.54, 1.807) is 7.11 Å². The van der Waals surface area contributed by atoms with Crippen LogP contribution in [0, 0.1) is 11.8 Å². The Morgan fingerprint density at radius 2 is 1.91 bits per heavy atom.